The highest BCUT2D eigenvalue weighted by Crippen LogP contribution is 2.15. The third-order valence-electron chi connectivity index (χ3n) is 3.25. The lowest BCUT2D eigenvalue weighted by Gasteiger charge is -2.07. The first-order valence-electron chi connectivity index (χ1n) is 7.43. The predicted octanol–water partition coefficient (Wildman–Crippen LogP) is 3.46. The molecule has 0 bridgehead atoms. The number of rotatable bonds is 2. The number of aromatic nitrogens is 2. The number of urea groups is 1. The van der Waals surface area contributed by atoms with E-state index in [9.17, 15) is 4.79 Å². The van der Waals surface area contributed by atoms with E-state index in [1.165, 1.54) is 0 Å². The molecular formula is C19H16N4O. The van der Waals surface area contributed by atoms with Crippen molar-refractivity contribution in [3.05, 3.63) is 78.1 Å². The second-order valence-electron chi connectivity index (χ2n) is 5.14. The Morgan fingerprint density at radius 2 is 1.75 bits per heavy atom. The van der Waals surface area contributed by atoms with Gasteiger partial charge < -0.3 is 10.6 Å². The van der Waals surface area contributed by atoms with E-state index < -0.39 is 0 Å². The summed E-state index contributed by atoms with van der Waals surface area (Å²) >= 11 is 0. The SMILES string of the molecule is Cn1cc(NC(=O)Nc2ccccc2C#Cc2ccccc2)cn1. The van der Waals surface area contributed by atoms with Gasteiger partial charge in [-0.2, -0.15) is 5.10 Å². The smallest absolute Gasteiger partial charge is 0.306 e. The maximum atomic E-state index is 12.1. The molecule has 1 heterocycles. The van der Waals surface area contributed by atoms with Gasteiger partial charge in [-0.3, -0.25) is 4.68 Å². The van der Waals surface area contributed by atoms with Crippen LogP contribution in [0.3, 0.4) is 0 Å². The van der Waals surface area contributed by atoms with Gasteiger partial charge in [-0.15, -0.1) is 0 Å². The summed E-state index contributed by atoms with van der Waals surface area (Å²) < 4.78 is 1.62. The summed E-state index contributed by atoms with van der Waals surface area (Å²) in [6, 6.07) is 16.8. The van der Waals surface area contributed by atoms with Crippen LogP contribution in [0.5, 0.6) is 0 Å². The molecule has 118 valence electrons. The maximum absolute atomic E-state index is 12.1. The van der Waals surface area contributed by atoms with Crippen molar-refractivity contribution in [1.29, 1.82) is 0 Å². The fraction of sp³-hybridized carbons (Fsp3) is 0.0526. The molecule has 3 aromatic rings. The Morgan fingerprint density at radius 3 is 2.50 bits per heavy atom. The van der Waals surface area contributed by atoms with Crippen LogP contribution in [0.25, 0.3) is 0 Å². The van der Waals surface area contributed by atoms with Crippen molar-refractivity contribution in [2.24, 2.45) is 7.05 Å². The molecule has 0 spiro atoms. The van der Waals surface area contributed by atoms with Crippen LogP contribution >= 0.6 is 0 Å². The van der Waals surface area contributed by atoms with Crippen LogP contribution in [0.4, 0.5) is 16.2 Å². The Bertz CT molecular complexity index is 904. The number of nitrogens with one attached hydrogen (secondary N) is 2. The highest BCUT2D eigenvalue weighted by atomic mass is 16.2. The fourth-order valence-electron chi connectivity index (χ4n) is 2.13. The average molecular weight is 316 g/mol. The third kappa shape index (κ3) is 4.02. The summed E-state index contributed by atoms with van der Waals surface area (Å²) in [4.78, 5) is 12.1. The van der Waals surface area contributed by atoms with Gasteiger partial charge in [0.15, 0.2) is 0 Å². The Morgan fingerprint density at radius 1 is 1.00 bits per heavy atom. The topological polar surface area (TPSA) is 59.0 Å². The van der Waals surface area contributed by atoms with Gasteiger partial charge >= 0.3 is 6.03 Å². The van der Waals surface area contributed by atoms with Crippen LogP contribution in [-0.4, -0.2) is 15.8 Å². The zero-order valence-electron chi connectivity index (χ0n) is 13.2. The zero-order chi connectivity index (χ0) is 16.8. The molecule has 0 saturated carbocycles. The van der Waals surface area contributed by atoms with Crippen LogP contribution in [0, 0.1) is 11.8 Å². The van der Waals surface area contributed by atoms with E-state index in [0.717, 1.165) is 11.1 Å². The normalized spacial score (nSPS) is 9.71. The maximum Gasteiger partial charge on any atom is 0.323 e. The highest BCUT2D eigenvalue weighted by molar-refractivity contribution is 6.00. The largest absolute Gasteiger partial charge is 0.323 e. The Labute approximate surface area is 140 Å². The van der Waals surface area contributed by atoms with Crippen LogP contribution in [-0.2, 0) is 7.05 Å². The summed E-state index contributed by atoms with van der Waals surface area (Å²) in [6.07, 6.45) is 3.31. The third-order valence-corrected chi connectivity index (χ3v) is 3.25. The van der Waals surface area contributed by atoms with Gasteiger partial charge in [0.2, 0.25) is 0 Å². The molecule has 0 aliphatic carbocycles. The summed E-state index contributed by atoms with van der Waals surface area (Å²) in [5.74, 6) is 6.19. The van der Waals surface area contributed by atoms with Crippen LogP contribution < -0.4 is 10.6 Å². The van der Waals surface area contributed by atoms with Gasteiger partial charge in [-0.25, -0.2) is 4.79 Å². The summed E-state index contributed by atoms with van der Waals surface area (Å²) in [5.41, 5.74) is 2.96. The van der Waals surface area contributed by atoms with E-state index in [2.05, 4.69) is 27.6 Å². The standard InChI is InChI=1S/C19H16N4O/c1-23-14-17(13-20-23)21-19(24)22-18-10-6-5-9-16(18)12-11-15-7-3-2-4-8-15/h2-10,13-14H,1H3,(H2,21,22,24). The van der Waals surface area contributed by atoms with Crippen molar-refractivity contribution < 1.29 is 4.79 Å². The molecule has 0 saturated heterocycles. The molecule has 1 aromatic heterocycles. The molecule has 0 radical (unpaired) electrons. The lowest BCUT2D eigenvalue weighted by Crippen LogP contribution is -2.19. The number of benzene rings is 2. The molecule has 24 heavy (non-hydrogen) atoms. The first-order chi connectivity index (χ1) is 11.7. The summed E-state index contributed by atoms with van der Waals surface area (Å²) in [5, 5.41) is 9.55. The molecule has 0 aliphatic heterocycles. The van der Waals surface area contributed by atoms with E-state index in [1.807, 2.05) is 54.6 Å². The quantitative estimate of drug-likeness (QED) is 0.711. The lowest BCUT2D eigenvalue weighted by atomic mass is 10.1. The second-order valence-corrected chi connectivity index (χ2v) is 5.14. The first-order valence-corrected chi connectivity index (χ1v) is 7.43. The van der Waals surface area contributed by atoms with Crippen LogP contribution in [0.2, 0.25) is 0 Å². The average Bonchev–Trinajstić information content (AvgIpc) is 3.00. The van der Waals surface area contributed by atoms with Gasteiger partial charge in [-0.05, 0) is 24.3 Å². The lowest BCUT2D eigenvalue weighted by molar-refractivity contribution is 0.262. The van der Waals surface area contributed by atoms with Crippen molar-refractivity contribution in [3.63, 3.8) is 0 Å². The van der Waals surface area contributed by atoms with Crippen molar-refractivity contribution in [1.82, 2.24) is 9.78 Å². The predicted molar refractivity (Wildman–Crippen MR) is 94.7 cm³/mol. The molecule has 2 N–H and O–H groups in total. The van der Waals surface area contributed by atoms with E-state index in [0.29, 0.717) is 11.4 Å². The Hall–Kier alpha value is -3.52. The van der Waals surface area contributed by atoms with E-state index in [-0.39, 0.29) is 6.03 Å². The molecule has 0 aliphatic rings. The second kappa shape index (κ2) is 7.16. The minimum absolute atomic E-state index is 0.336. The van der Waals surface area contributed by atoms with Gasteiger partial charge in [0.05, 0.1) is 17.6 Å². The minimum atomic E-state index is -0.336. The highest BCUT2D eigenvalue weighted by Gasteiger charge is 2.06. The molecule has 0 unspecified atom stereocenters. The molecular weight excluding hydrogens is 300 g/mol. The van der Waals surface area contributed by atoms with Crippen LogP contribution in [0.1, 0.15) is 11.1 Å². The number of hydrogen-bond acceptors (Lipinski definition) is 2. The van der Waals surface area contributed by atoms with Crippen molar-refractivity contribution >= 4 is 17.4 Å². The summed E-state index contributed by atoms with van der Waals surface area (Å²) in [7, 11) is 1.79. The fourth-order valence-corrected chi connectivity index (χ4v) is 2.13. The summed E-state index contributed by atoms with van der Waals surface area (Å²) in [6.45, 7) is 0. The molecule has 0 fully saturated rings. The molecule has 3 rings (SSSR count). The number of hydrogen-bond donors (Lipinski definition) is 2. The molecule has 5 heteroatoms. The number of nitrogens with zero attached hydrogens (tertiary/aromatic N) is 2. The van der Waals surface area contributed by atoms with Gasteiger partial charge in [0, 0.05) is 24.4 Å². The monoisotopic (exact) mass is 316 g/mol. The van der Waals surface area contributed by atoms with E-state index >= 15 is 0 Å². The Kier molecular flexibility index (Phi) is 4.59. The van der Waals surface area contributed by atoms with Crippen molar-refractivity contribution in [2.45, 2.75) is 0 Å². The molecule has 2 aromatic carbocycles. The number of para-hydroxylation sites is 1. The van der Waals surface area contributed by atoms with Crippen molar-refractivity contribution in [3.8, 4) is 11.8 Å². The van der Waals surface area contributed by atoms with Gasteiger partial charge in [0.25, 0.3) is 0 Å². The van der Waals surface area contributed by atoms with Gasteiger partial charge in [0.1, 0.15) is 0 Å². The number of carbonyl (C=O) groups is 1. The minimum Gasteiger partial charge on any atom is -0.306 e. The number of aryl methyl sites for hydroxylation is 1. The number of anilines is 2. The number of carbonyl (C=O) groups excluding carboxylic acids is 1. The van der Waals surface area contributed by atoms with E-state index in [4.69, 9.17) is 0 Å². The molecule has 5 nitrogen and oxygen atoms in total. The molecule has 0 atom stereocenters. The number of amides is 2. The van der Waals surface area contributed by atoms with E-state index in [1.54, 1.807) is 24.1 Å². The van der Waals surface area contributed by atoms with Gasteiger partial charge in [-0.1, -0.05) is 42.2 Å². The Balaban J connectivity index is 1.74. The molecule has 2 amide bonds. The van der Waals surface area contributed by atoms with Crippen LogP contribution in [0.15, 0.2) is 67.0 Å². The van der Waals surface area contributed by atoms with Crippen molar-refractivity contribution in [2.75, 3.05) is 10.6 Å². The zero-order valence-corrected chi connectivity index (χ0v) is 13.2. The first kappa shape index (κ1) is 15.4.